The van der Waals surface area contributed by atoms with E-state index in [1.807, 2.05) is 31.2 Å². The van der Waals surface area contributed by atoms with Crippen molar-refractivity contribution in [3.63, 3.8) is 0 Å². The van der Waals surface area contributed by atoms with Crippen molar-refractivity contribution < 1.29 is 9.59 Å². The molecule has 0 atom stereocenters. The van der Waals surface area contributed by atoms with Crippen LogP contribution in [0.5, 0.6) is 0 Å². The molecule has 31 heavy (non-hydrogen) atoms. The van der Waals surface area contributed by atoms with E-state index in [1.54, 1.807) is 0 Å². The van der Waals surface area contributed by atoms with Gasteiger partial charge < -0.3 is 5.32 Å². The molecule has 1 aliphatic carbocycles. The Morgan fingerprint density at radius 3 is 2.16 bits per heavy atom. The van der Waals surface area contributed by atoms with E-state index in [2.05, 4.69) is 22.8 Å². The highest BCUT2D eigenvalue weighted by Gasteiger charge is 2.20. The van der Waals surface area contributed by atoms with E-state index in [-0.39, 0.29) is 17.7 Å². The van der Waals surface area contributed by atoms with E-state index in [0.717, 1.165) is 55.5 Å². The van der Waals surface area contributed by atoms with Crippen molar-refractivity contribution >= 4 is 23.2 Å². The van der Waals surface area contributed by atoms with Crippen LogP contribution < -0.4 is 10.7 Å². The number of amides is 2. The average molecular weight is 428 g/mol. The first kappa shape index (κ1) is 25.1. The van der Waals surface area contributed by atoms with Gasteiger partial charge in [-0.3, -0.25) is 9.59 Å². The van der Waals surface area contributed by atoms with Crippen LogP contribution in [-0.4, -0.2) is 17.5 Å². The van der Waals surface area contributed by atoms with Gasteiger partial charge in [-0.2, -0.15) is 5.10 Å². The number of hydrazone groups is 1. The number of unbranched alkanes of at least 4 members (excludes halogenated alkanes) is 7. The lowest BCUT2D eigenvalue weighted by Gasteiger charge is -2.20. The van der Waals surface area contributed by atoms with Crippen LogP contribution >= 0.6 is 0 Å². The molecule has 1 aromatic rings. The van der Waals surface area contributed by atoms with Gasteiger partial charge in [-0.15, -0.1) is 0 Å². The lowest BCUT2D eigenvalue weighted by atomic mass is 9.88. The lowest BCUT2D eigenvalue weighted by molar-refractivity contribution is -0.121. The second-order valence-electron chi connectivity index (χ2n) is 8.86. The highest BCUT2D eigenvalue weighted by molar-refractivity contribution is 6.00. The summed E-state index contributed by atoms with van der Waals surface area (Å²) in [5.41, 5.74) is 5.17. The normalized spacial score (nSPS) is 15.0. The first-order valence-corrected chi connectivity index (χ1v) is 12.3. The van der Waals surface area contributed by atoms with Gasteiger partial charge in [0.05, 0.1) is 5.71 Å². The molecule has 0 heterocycles. The molecule has 0 bridgehead atoms. The summed E-state index contributed by atoms with van der Waals surface area (Å²) >= 11 is 0. The molecule has 0 saturated heterocycles. The minimum Gasteiger partial charge on any atom is -0.326 e. The number of nitrogens with one attached hydrogen (secondary N) is 2. The Kier molecular flexibility index (Phi) is 12.0. The summed E-state index contributed by atoms with van der Waals surface area (Å²) in [5.74, 6) is 0.251. The van der Waals surface area contributed by atoms with Gasteiger partial charge >= 0.3 is 0 Å². The SMILES string of the molecule is CCCCCCCCCCC(=O)NN=C(C)c1ccc(NC(=O)C2CCCCC2)cc1. The number of carbonyl (C=O) groups is 2. The third-order valence-corrected chi connectivity index (χ3v) is 6.15. The maximum absolute atomic E-state index is 12.4. The highest BCUT2D eigenvalue weighted by atomic mass is 16.2. The molecule has 1 fully saturated rings. The predicted molar refractivity (Wildman–Crippen MR) is 129 cm³/mol. The number of rotatable bonds is 13. The molecular formula is C26H41N3O2. The molecule has 1 saturated carbocycles. The molecule has 1 aliphatic rings. The Hall–Kier alpha value is -2.17. The Bertz CT molecular complexity index is 691. The van der Waals surface area contributed by atoms with Crippen molar-refractivity contribution in [3.05, 3.63) is 29.8 Å². The summed E-state index contributed by atoms with van der Waals surface area (Å²) < 4.78 is 0. The van der Waals surface area contributed by atoms with Gasteiger partial charge in [-0.25, -0.2) is 5.43 Å². The summed E-state index contributed by atoms with van der Waals surface area (Å²) in [6.07, 6.45) is 15.8. The monoisotopic (exact) mass is 427 g/mol. The summed E-state index contributed by atoms with van der Waals surface area (Å²) in [5, 5.41) is 7.26. The van der Waals surface area contributed by atoms with Crippen LogP contribution in [0.4, 0.5) is 5.69 Å². The van der Waals surface area contributed by atoms with Crippen molar-refractivity contribution in [1.82, 2.24) is 5.43 Å². The molecule has 0 spiro atoms. The third-order valence-electron chi connectivity index (χ3n) is 6.15. The van der Waals surface area contributed by atoms with Crippen LogP contribution in [-0.2, 0) is 9.59 Å². The number of hydrogen-bond acceptors (Lipinski definition) is 3. The number of carbonyl (C=O) groups excluding carboxylic acids is 2. The van der Waals surface area contributed by atoms with Crippen molar-refractivity contribution in [2.24, 2.45) is 11.0 Å². The average Bonchev–Trinajstić information content (AvgIpc) is 2.80. The first-order valence-electron chi connectivity index (χ1n) is 12.3. The predicted octanol–water partition coefficient (Wildman–Crippen LogP) is 6.58. The van der Waals surface area contributed by atoms with Gasteiger partial charge in [0, 0.05) is 18.0 Å². The van der Waals surface area contributed by atoms with Crippen LogP contribution in [0, 0.1) is 5.92 Å². The Morgan fingerprint density at radius 1 is 0.903 bits per heavy atom. The standard InChI is InChI=1S/C26H41N3O2/c1-3-4-5-6-7-8-9-13-16-25(30)29-28-21(2)22-17-19-24(20-18-22)27-26(31)23-14-11-10-12-15-23/h17-20,23H,3-16H2,1-2H3,(H,27,31)(H,29,30). The second kappa shape index (κ2) is 14.8. The van der Waals surface area contributed by atoms with Gasteiger partial charge in [0.15, 0.2) is 0 Å². The zero-order valence-corrected chi connectivity index (χ0v) is 19.5. The Morgan fingerprint density at radius 2 is 1.52 bits per heavy atom. The van der Waals surface area contributed by atoms with Crippen LogP contribution in [0.3, 0.4) is 0 Å². The molecule has 2 N–H and O–H groups in total. The molecule has 2 amide bonds. The Labute approximate surface area is 188 Å². The van der Waals surface area contributed by atoms with E-state index >= 15 is 0 Å². The van der Waals surface area contributed by atoms with Gasteiger partial charge in [0.25, 0.3) is 0 Å². The lowest BCUT2D eigenvalue weighted by Crippen LogP contribution is -2.24. The van der Waals surface area contributed by atoms with E-state index < -0.39 is 0 Å². The summed E-state index contributed by atoms with van der Waals surface area (Å²) in [6, 6.07) is 7.66. The van der Waals surface area contributed by atoms with E-state index in [0.29, 0.717) is 6.42 Å². The van der Waals surface area contributed by atoms with Crippen molar-refractivity contribution in [3.8, 4) is 0 Å². The second-order valence-corrected chi connectivity index (χ2v) is 8.86. The smallest absolute Gasteiger partial charge is 0.240 e. The van der Waals surface area contributed by atoms with Crippen molar-refractivity contribution in [2.45, 2.75) is 104 Å². The summed E-state index contributed by atoms with van der Waals surface area (Å²) in [6.45, 7) is 4.11. The Balaban J connectivity index is 1.66. The topological polar surface area (TPSA) is 70.6 Å². The fourth-order valence-electron chi connectivity index (χ4n) is 4.09. The fourth-order valence-corrected chi connectivity index (χ4v) is 4.09. The van der Waals surface area contributed by atoms with Crippen molar-refractivity contribution in [2.75, 3.05) is 5.32 Å². The largest absolute Gasteiger partial charge is 0.326 e. The number of benzene rings is 1. The van der Waals surface area contributed by atoms with E-state index in [1.165, 1.54) is 44.9 Å². The zero-order chi connectivity index (χ0) is 22.3. The van der Waals surface area contributed by atoms with Crippen molar-refractivity contribution in [1.29, 1.82) is 0 Å². The molecule has 0 unspecified atom stereocenters. The molecule has 0 radical (unpaired) electrons. The molecule has 5 heteroatoms. The number of hydrogen-bond donors (Lipinski definition) is 2. The number of nitrogens with zero attached hydrogens (tertiary/aromatic N) is 1. The van der Waals surface area contributed by atoms with Crippen LogP contribution in [0.1, 0.15) is 109 Å². The molecular weight excluding hydrogens is 386 g/mol. The van der Waals surface area contributed by atoms with Gasteiger partial charge in [0.1, 0.15) is 0 Å². The van der Waals surface area contributed by atoms with Gasteiger partial charge in [-0.1, -0.05) is 83.3 Å². The molecule has 1 aromatic carbocycles. The fraction of sp³-hybridized carbons (Fsp3) is 0.654. The molecule has 5 nitrogen and oxygen atoms in total. The zero-order valence-electron chi connectivity index (χ0n) is 19.5. The number of anilines is 1. The highest BCUT2D eigenvalue weighted by Crippen LogP contribution is 2.25. The minimum atomic E-state index is -0.0262. The molecule has 2 rings (SSSR count). The van der Waals surface area contributed by atoms with E-state index in [4.69, 9.17) is 0 Å². The van der Waals surface area contributed by atoms with Crippen LogP contribution in [0.15, 0.2) is 29.4 Å². The van der Waals surface area contributed by atoms with Gasteiger partial charge in [0.2, 0.25) is 11.8 Å². The van der Waals surface area contributed by atoms with Crippen LogP contribution in [0.25, 0.3) is 0 Å². The summed E-state index contributed by atoms with van der Waals surface area (Å²) in [7, 11) is 0. The van der Waals surface area contributed by atoms with Gasteiger partial charge in [-0.05, 0) is 43.9 Å². The quantitative estimate of drug-likeness (QED) is 0.212. The maximum Gasteiger partial charge on any atom is 0.240 e. The molecule has 0 aliphatic heterocycles. The summed E-state index contributed by atoms with van der Waals surface area (Å²) in [4.78, 5) is 24.4. The molecule has 172 valence electrons. The maximum atomic E-state index is 12.4. The molecule has 0 aromatic heterocycles. The van der Waals surface area contributed by atoms with Crippen LogP contribution in [0.2, 0.25) is 0 Å². The first-order chi connectivity index (χ1) is 15.1. The third kappa shape index (κ3) is 10.1. The minimum absolute atomic E-state index is 0.0262. The van der Waals surface area contributed by atoms with E-state index in [9.17, 15) is 9.59 Å².